The highest BCUT2D eigenvalue weighted by Crippen LogP contribution is 2.30. The van der Waals surface area contributed by atoms with Crippen LogP contribution in [0.15, 0.2) is 44.4 Å². The molecular formula is C13H13BrN2O3S2. The average molecular weight is 389 g/mol. The molecule has 0 unspecified atom stereocenters. The Labute approximate surface area is 135 Å². The summed E-state index contributed by atoms with van der Waals surface area (Å²) in [5.74, 6) is -0.174. The van der Waals surface area contributed by atoms with Gasteiger partial charge in [0, 0.05) is 19.7 Å². The van der Waals surface area contributed by atoms with Crippen molar-refractivity contribution in [3.8, 4) is 0 Å². The Morgan fingerprint density at radius 1 is 1.19 bits per heavy atom. The number of benzene rings is 1. The van der Waals surface area contributed by atoms with Crippen molar-refractivity contribution in [1.82, 2.24) is 0 Å². The predicted octanol–water partition coefficient (Wildman–Crippen LogP) is 3.29. The molecule has 0 spiro atoms. The van der Waals surface area contributed by atoms with E-state index in [1.165, 1.54) is 18.3 Å². The van der Waals surface area contributed by atoms with Gasteiger partial charge in [0.25, 0.3) is 10.0 Å². The van der Waals surface area contributed by atoms with E-state index in [-0.39, 0.29) is 10.1 Å². The summed E-state index contributed by atoms with van der Waals surface area (Å²) < 4.78 is 27.1. The lowest BCUT2D eigenvalue weighted by atomic mass is 10.3. The number of carbonyl (C=O) groups is 1. The van der Waals surface area contributed by atoms with Gasteiger partial charge in [-0.25, -0.2) is 8.42 Å². The van der Waals surface area contributed by atoms with Gasteiger partial charge in [-0.05, 0) is 52.3 Å². The van der Waals surface area contributed by atoms with Crippen molar-refractivity contribution in [2.75, 3.05) is 16.7 Å². The van der Waals surface area contributed by atoms with E-state index in [9.17, 15) is 13.2 Å². The van der Waals surface area contributed by atoms with Crippen molar-refractivity contribution in [1.29, 1.82) is 0 Å². The maximum atomic E-state index is 12.5. The Morgan fingerprint density at radius 3 is 2.29 bits per heavy atom. The summed E-state index contributed by atoms with van der Waals surface area (Å²) in [6.07, 6.45) is 0. The molecule has 1 aromatic carbocycles. The second kappa shape index (κ2) is 6.17. The SMILES string of the molecule is CC(=O)Nc1ccc(N(C)S(=O)(=O)c2ccc(Br)s2)cc1. The van der Waals surface area contributed by atoms with Crippen LogP contribution in [0.5, 0.6) is 0 Å². The van der Waals surface area contributed by atoms with Crippen LogP contribution in [0.2, 0.25) is 0 Å². The van der Waals surface area contributed by atoms with Crippen molar-refractivity contribution in [3.63, 3.8) is 0 Å². The zero-order valence-corrected chi connectivity index (χ0v) is 14.5. The Kier molecular flexibility index (Phi) is 4.70. The molecule has 1 heterocycles. The van der Waals surface area contributed by atoms with E-state index in [1.54, 1.807) is 36.4 Å². The summed E-state index contributed by atoms with van der Waals surface area (Å²) in [6.45, 7) is 1.42. The van der Waals surface area contributed by atoms with E-state index in [1.807, 2.05) is 0 Å². The van der Waals surface area contributed by atoms with Gasteiger partial charge in [-0.15, -0.1) is 11.3 Å². The zero-order chi connectivity index (χ0) is 15.6. The monoisotopic (exact) mass is 388 g/mol. The topological polar surface area (TPSA) is 66.5 Å². The second-order valence-corrected chi connectivity index (χ2v) is 8.92. The standard InChI is InChI=1S/C13H13BrN2O3S2/c1-9(17)15-10-3-5-11(6-4-10)16(2)21(18,19)13-8-7-12(14)20-13/h3-8H,1-2H3,(H,15,17). The zero-order valence-electron chi connectivity index (χ0n) is 11.3. The van der Waals surface area contributed by atoms with Crippen molar-refractivity contribution < 1.29 is 13.2 Å². The molecule has 0 atom stereocenters. The maximum Gasteiger partial charge on any atom is 0.273 e. The summed E-state index contributed by atoms with van der Waals surface area (Å²) in [4.78, 5) is 11.0. The first kappa shape index (κ1) is 16.0. The summed E-state index contributed by atoms with van der Waals surface area (Å²) in [5, 5.41) is 2.63. The van der Waals surface area contributed by atoms with Crippen molar-refractivity contribution >= 4 is 54.6 Å². The molecule has 5 nitrogen and oxygen atoms in total. The predicted molar refractivity (Wildman–Crippen MR) is 88.4 cm³/mol. The van der Waals surface area contributed by atoms with Gasteiger partial charge in [-0.2, -0.15) is 0 Å². The van der Waals surface area contributed by atoms with Crippen LogP contribution >= 0.6 is 27.3 Å². The fourth-order valence-corrected chi connectivity index (χ4v) is 5.04. The van der Waals surface area contributed by atoms with Crippen LogP contribution in [0, 0.1) is 0 Å². The summed E-state index contributed by atoms with van der Waals surface area (Å²) in [5.41, 5.74) is 1.14. The van der Waals surface area contributed by atoms with Gasteiger partial charge in [-0.3, -0.25) is 9.10 Å². The molecule has 2 rings (SSSR count). The van der Waals surface area contributed by atoms with Crippen molar-refractivity contribution in [2.45, 2.75) is 11.1 Å². The maximum absolute atomic E-state index is 12.5. The van der Waals surface area contributed by atoms with Gasteiger partial charge in [-0.1, -0.05) is 0 Å². The smallest absolute Gasteiger partial charge is 0.273 e. The highest BCUT2D eigenvalue weighted by atomic mass is 79.9. The number of carbonyl (C=O) groups excluding carboxylic acids is 1. The lowest BCUT2D eigenvalue weighted by molar-refractivity contribution is -0.114. The number of thiophene rings is 1. The molecule has 0 aliphatic heterocycles. The number of anilines is 2. The third kappa shape index (κ3) is 3.63. The Balaban J connectivity index is 2.27. The quantitative estimate of drug-likeness (QED) is 0.873. The molecule has 0 bridgehead atoms. The minimum absolute atomic E-state index is 0.174. The van der Waals surface area contributed by atoms with Crippen LogP contribution in [-0.4, -0.2) is 21.4 Å². The fraction of sp³-hybridized carbons (Fsp3) is 0.154. The Bertz CT molecular complexity index is 754. The number of amides is 1. The first-order valence-electron chi connectivity index (χ1n) is 5.92. The molecule has 0 aliphatic rings. The molecule has 21 heavy (non-hydrogen) atoms. The molecule has 0 saturated heterocycles. The molecular weight excluding hydrogens is 376 g/mol. The summed E-state index contributed by atoms with van der Waals surface area (Å²) in [6, 6.07) is 9.87. The molecule has 8 heteroatoms. The normalized spacial score (nSPS) is 11.2. The van der Waals surface area contributed by atoms with Gasteiger partial charge in [0.05, 0.1) is 9.47 Å². The van der Waals surface area contributed by atoms with Gasteiger partial charge in [0.2, 0.25) is 5.91 Å². The van der Waals surface area contributed by atoms with E-state index >= 15 is 0 Å². The molecule has 1 aromatic heterocycles. The van der Waals surface area contributed by atoms with E-state index in [0.29, 0.717) is 11.4 Å². The minimum Gasteiger partial charge on any atom is -0.326 e. The van der Waals surface area contributed by atoms with Crippen LogP contribution in [-0.2, 0) is 14.8 Å². The van der Waals surface area contributed by atoms with Gasteiger partial charge in [0.15, 0.2) is 0 Å². The number of hydrogen-bond acceptors (Lipinski definition) is 4. The average Bonchev–Trinajstić information content (AvgIpc) is 2.85. The van der Waals surface area contributed by atoms with Crippen LogP contribution in [0.1, 0.15) is 6.92 Å². The first-order chi connectivity index (χ1) is 9.80. The number of halogens is 1. The minimum atomic E-state index is -3.57. The number of nitrogens with zero attached hydrogens (tertiary/aromatic N) is 1. The van der Waals surface area contributed by atoms with E-state index in [0.717, 1.165) is 15.1 Å². The summed E-state index contributed by atoms with van der Waals surface area (Å²) >= 11 is 4.42. The molecule has 0 radical (unpaired) electrons. The van der Waals surface area contributed by atoms with E-state index in [4.69, 9.17) is 0 Å². The Hall–Kier alpha value is -1.38. The summed E-state index contributed by atoms with van der Waals surface area (Å²) in [7, 11) is -2.08. The highest BCUT2D eigenvalue weighted by molar-refractivity contribution is 9.11. The third-order valence-corrected chi connectivity index (χ3v) is 6.59. The molecule has 112 valence electrons. The number of hydrogen-bond donors (Lipinski definition) is 1. The van der Waals surface area contributed by atoms with Crippen LogP contribution in [0.3, 0.4) is 0 Å². The number of rotatable bonds is 4. The van der Waals surface area contributed by atoms with E-state index in [2.05, 4.69) is 21.2 Å². The third-order valence-electron chi connectivity index (χ3n) is 2.71. The lowest BCUT2D eigenvalue weighted by Crippen LogP contribution is -2.25. The highest BCUT2D eigenvalue weighted by Gasteiger charge is 2.23. The molecule has 2 aromatic rings. The van der Waals surface area contributed by atoms with Gasteiger partial charge >= 0.3 is 0 Å². The van der Waals surface area contributed by atoms with Crippen LogP contribution in [0.25, 0.3) is 0 Å². The molecule has 0 saturated carbocycles. The van der Waals surface area contributed by atoms with E-state index < -0.39 is 10.0 Å². The van der Waals surface area contributed by atoms with Crippen LogP contribution < -0.4 is 9.62 Å². The lowest BCUT2D eigenvalue weighted by Gasteiger charge is -2.18. The largest absolute Gasteiger partial charge is 0.326 e. The van der Waals surface area contributed by atoms with Gasteiger partial charge in [0.1, 0.15) is 4.21 Å². The van der Waals surface area contributed by atoms with Crippen molar-refractivity contribution in [2.24, 2.45) is 0 Å². The molecule has 1 N–H and O–H groups in total. The molecule has 1 amide bonds. The fourth-order valence-electron chi connectivity index (χ4n) is 1.67. The Morgan fingerprint density at radius 2 is 1.81 bits per heavy atom. The molecule has 0 aliphatic carbocycles. The second-order valence-electron chi connectivity index (χ2n) is 4.26. The van der Waals surface area contributed by atoms with Gasteiger partial charge < -0.3 is 5.32 Å². The number of nitrogens with one attached hydrogen (secondary N) is 1. The molecule has 0 fully saturated rings. The van der Waals surface area contributed by atoms with Crippen LogP contribution in [0.4, 0.5) is 11.4 Å². The van der Waals surface area contributed by atoms with Crippen molar-refractivity contribution in [3.05, 3.63) is 40.2 Å². The number of sulfonamides is 1. The first-order valence-corrected chi connectivity index (χ1v) is 8.97.